The number of halogens is 3. The SMILES string of the molecule is O/N=C(\Nc1ccc(F)c(Cl)c1)c1ccc(Cl)c2nc[nH]c12. The number of fused-ring (bicyclic) bond motifs is 1. The first-order valence-corrected chi connectivity index (χ1v) is 6.92. The number of nitrogens with one attached hydrogen (secondary N) is 2. The van der Waals surface area contributed by atoms with Crippen molar-refractivity contribution >= 4 is 45.8 Å². The molecule has 0 saturated carbocycles. The van der Waals surface area contributed by atoms with Gasteiger partial charge in [-0.1, -0.05) is 28.4 Å². The Labute approximate surface area is 134 Å². The van der Waals surface area contributed by atoms with Crippen molar-refractivity contribution in [1.82, 2.24) is 9.97 Å². The van der Waals surface area contributed by atoms with Gasteiger partial charge in [0.05, 0.1) is 21.9 Å². The molecular formula is C14H9Cl2FN4O. The van der Waals surface area contributed by atoms with E-state index in [1.54, 1.807) is 12.1 Å². The van der Waals surface area contributed by atoms with E-state index in [4.69, 9.17) is 23.2 Å². The minimum absolute atomic E-state index is 0.0370. The molecule has 0 fully saturated rings. The highest BCUT2D eigenvalue weighted by molar-refractivity contribution is 6.35. The fraction of sp³-hybridized carbons (Fsp3) is 0. The van der Waals surface area contributed by atoms with Gasteiger partial charge in [-0.15, -0.1) is 0 Å². The molecule has 1 aromatic heterocycles. The Bertz CT molecular complexity index is 878. The van der Waals surface area contributed by atoms with E-state index in [1.165, 1.54) is 24.5 Å². The molecule has 0 saturated heterocycles. The molecule has 8 heteroatoms. The van der Waals surface area contributed by atoms with Crippen molar-refractivity contribution in [3.63, 3.8) is 0 Å². The van der Waals surface area contributed by atoms with Gasteiger partial charge in [0.2, 0.25) is 0 Å². The predicted molar refractivity (Wildman–Crippen MR) is 84.5 cm³/mol. The van der Waals surface area contributed by atoms with Crippen LogP contribution in [0.2, 0.25) is 10.0 Å². The van der Waals surface area contributed by atoms with Crippen LogP contribution >= 0.6 is 23.2 Å². The Balaban J connectivity index is 2.02. The Kier molecular flexibility index (Phi) is 3.87. The van der Waals surface area contributed by atoms with E-state index in [1.807, 2.05) is 0 Å². The summed E-state index contributed by atoms with van der Waals surface area (Å²) in [6.45, 7) is 0. The van der Waals surface area contributed by atoms with Crippen LogP contribution in [0.25, 0.3) is 11.0 Å². The number of imidazole rings is 1. The molecular weight excluding hydrogens is 330 g/mol. The van der Waals surface area contributed by atoms with Crippen LogP contribution in [0.3, 0.4) is 0 Å². The first-order valence-electron chi connectivity index (χ1n) is 6.16. The predicted octanol–water partition coefficient (Wildman–Crippen LogP) is 4.26. The second-order valence-electron chi connectivity index (χ2n) is 4.42. The Morgan fingerprint density at radius 1 is 1.23 bits per heavy atom. The van der Waals surface area contributed by atoms with Crippen LogP contribution in [-0.2, 0) is 0 Å². The fourth-order valence-electron chi connectivity index (χ4n) is 2.05. The Hall–Kier alpha value is -2.31. The second-order valence-corrected chi connectivity index (χ2v) is 5.24. The summed E-state index contributed by atoms with van der Waals surface area (Å²) < 4.78 is 13.2. The molecule has 0 aliphatic carbocycles. The van der Waals surface area contributed by atoms with E-state index >= 15 is 0 Å². The van der Waals surface area contributed by atoms with Gasteiger partial charge in [-0.05, 0) is 30.3 Å². The van der Waals surface area contributed by atoms with Gasteiger partial charge in [0.25, 0.3) is 0 Å². The maximum absolute atomic E-state index is 13.2. The molecule has 0 aliphatic rings. The number of rotatable bonds is 2. The van der Waals surface area contributed by atoms with Crippen molar-refractivity contribution in [3.8, 4) is 0 Å². The molecule has 5 nitrogen and oxygen atoms in total. The molecule has 1 heterocycles. The molecule has 0 bridgehead atoms. The normalized spacial score (nSPS) is 11.9. The Morgan fingerprint density at radius 2 is 2.05 bits per heavy atom. The number of oxime groups is 1. The van der Waals surface area contributed by atoms with Crippen LogP contribution in [0, 0.1) is 5.82 Å². The first-order chi connectivity index (χ1) is 10.6. The quantitative estimate of drug-likeness (QED) is 0.283. The van der Waals surface area contributed by atoms with E-state index in [0.29, 0.717) is 27.3 Å². The number of nitrogens with zero attached hydrogens (tertiary/aromatic N) is 2. The highest BCUT2D eigenvalue weighted by atomic mass is 35.5. The zero-order valence-electron chi connectivity index (χ0n) is 10.9. The molecule has 0 unspecified atom stereocenters. The summed E-state index contributed by atoms with van der Waals surface area (Å²) in [6, 6.07) is 7.41. The zero-order valence-corrected chi connectivity index (χ0v) is 12.5. The number of aromatic nitrogens is 2. The molecule has 22 heavy (non-hydrogen) atoms. The van der Waals surface area contributed by atoms with Gasteiger partial charge in [0.15, 0.2) is 5.84 Å². The van der Waals surface area contributed by atoms with Crippen molar-refractivity contribution in [2.24, 2.45) is 5.16 Å². The van der Waals surface area contributed by atoms with Crippen LogP contribution in [0.1, 0.15) is 5.56 Å². The topological polar surface area (TPSA) is 73.3 Å². The highest BCUT2D eigenvalue weighted by Gasteiger charge is 2.14. The van der Waals surface area contributed by atoms with E-state index in [0.717, 1.165) is 0 Å². The minimum atomic E-state index is -0.530. The maximum atomic E-state index is 13.2. The molecule has 2 aromatic carbocycles. The van der Waals surface area contributed by atoms with Gasteiger partial charge in [0, 0.05) is 11.3 Å². The molecule has 0 aliphatic heterocycles. The van der Waals surface area contributed by atoms with Gasteiger partial charge in [-0.2, -0.15) is 0 Å². The van der Waals surface area contributed by atoms with Gasteiger partial charge in [-0.3, -0.25) is 0 Å². The molecule has 0 amide bonds. The molecule has 3 aromatic rings. The van der Waals surface area contributed by atoms with Crippen LogP contribution in [0.4, 0.5) is 10.1 Å². The molecule has 3 rings (SSSR count). The summed E-state index contributed by atoms with van der Waals surface area (Å²) in [5, 5.41) is 15.8. The van der Waals surface area contributed by atoms with Gasteiger partial charge in [-0.25, -0.2) is 9.37 Å². The monoisotopic (exact) mass is 338 g/mol. The van der Waals surface area contributed by atoms with Crippen molar-refractivity contribution in [3.05, 3.63) is 58.1 Å². The summed E-state index contributed by atoms with van der Waals surface area (Å²) in [5.41, 5.74) is 2.20. The van der Waals surface area contributed by atoms with E-state index in [-0.39, 0.29) is 10.9 Å². The summed E-state index contributed by atoms with van der Waals surface area (Å²) in [7, 11) is 0. The van der Waals surface area contributed by atoms with Crippen LogP contribution in [-0.4, -0.2) is 21.0 Å². The lowest BCUT2D eigenvalue weighted by Crippen LogP contribution is -2.14. The summed E-state index contributed by atoms with van der Waals surface area (Å²) in [4.78, 5) is 7.04. The van der Waals surface area contributed by atoms with Crippen molar-refractivity contribution in [2.75, 3.05) is 5.32 Å². The average Bonchev–Trinajstić information content (AvgIpc) is 3.00. The second kappa shape index (κ2) is 5.82. The lowest BCUT2D eigenvalue weighted by Gasteiger charge is -2.10. The molecule has 0 atom stereocenters. The van der Waals surface area contributed by atoms with Crippen molar-refractivity contribution in [2.45, 2.75) is 0 Å². The number of benzene rings is 2. The average molecular weight is 339 g/mol. The molecule has 0 spiro atoms. The Morgan fingerprint density at radius 3 is 2.77 bits per heavy atom. The fourth-order valence-corrected chi connectivity index (χ4v) is 2.44. The van der Waals surface area contributed by atoms with E-state index < -0.39 is 5.82 Å². The number of hydrogen-bond acceptors (Lipinski definition) is 3. The summed E-state index contributed by atoms with van der Waals surface area (Å²) >= 11 is 11.8. The smallest absolute Gasteiger partial charge is 0.179 e. The molecule has 112 valence electrons. The van der Waals surface area contributed by atoms with Crippen molar-refractivity contribution in [1.29, 1.82) is 0 Å². The standard InChI is InChI=1S/C14H9Cl2FN4O/c15-9-3-2-8(12-13(9)19-6-18-12)14(21-22)20-7-1-4-11(17)10(16)5-7/h1-6,22H,(H,18,19)(H,20,21). The third-order valence-corrected chi connectivity index (χ3v) is 3.66. The first kappa shape index (κ1) is 14.6. The van der Waals surface area contributed by atoms with Gasteiger partial charge < -0.3 is 15.5 Å². The highest BCUT2D eigenvalue weighted by Crippen LogP contribution is 2.25. The third kappa shape index (κ3) is 2.58. The largest absolute Gasteiger partial charge is 0.409 e. The minimum Gasteiger partial charge on any atom is -0.409 e. The van der Waals surface area contributed by atoms with Crippen LogP contribution in [0.15, 0.2) is 41.8 Å². The lowest BCUT2D eigenvalue weighted by molar-refractivity contribution is 0.319. The number of anilines is 1. The molecule has 3 N–H and O–H groups in total. The lowest BCUT2D eigenvalue weighted by atomic mass is 10.1. The maximum Gasteiger partial charge on any atom is 0.179 e. The van der Waals surface area contributed by atoms with Gasteiger partial charge >= 0.3 is 0 Å². The van der Waals surface area contributed by atoms with Crippen molar-refractivity contribution < 1.29 is 9.60 Å². The summed E-state index contributed by atoms with van der Waals surface area (Å²) in [6.07, 6.45) is 1.49. The number of amidine groups is 1. The number of hydrogen-bond donors (Lipinski definition) is 3. The number of aromatic amines is 1. The van der Waals surface area contributed by atoms with E-state index in [2.05, 4.69) is 20.4 Å². The van der Waals surface area contributed by atoms with E-state index in [9.17, 15) is 9.60 Å². The number of H-pyrrole nitrogens is 1. The van der Waals surface area contributed by atoms with Crippen LogP contribution in [0.5, 0.6) is 0 Å². The van der Waals surface area contributed by atoms with Gasteiger partial charge in [0.1, 0.15) is 11.3 Å². The third-order valence-electron chi connectivity index (χ3n) is 3.07. The zero-order chi connectivity index (χ0) is 15.7. The summed E-state index contributed by atoms with van der Waals surface area (Å²) in [5.74, 6) is -0.384. The van der Waals surface area contributed by atoms with Crippen LogP contribution < -0.4 is 5.32 Å². The molecule has 0 radical (unpaired) electrons.